The van der Waals surface area contributed by atoms with Gasteiger partial charge in [-0.15, -0.1) is 0 Å². The highest BCUT2D eigenvalue weighted by atomic mass is 35.5. The van der Waals surface area contributed by atoms with Crippen molar-refractivity contribution in [2.24, 2.45) is 0 Å². The minimum atomic E-state index is -4.12. The van der Waals surface area contributed by atoms with E-state index in [2.05, 4.69) is 24.7 Å². The van der Waals surface area contributed by atoms with Gasteiger partial charge < -0.3 is 4.74 Å². The molecule has 4 aromatic rings. The minimum absolute atomic E-state index is 0.0129. The van der Waals surface area contributed by atoms with E-state index < -0.39 is 10.0 Å². The maximum Gasteiger partial charge on any atom is 0.264 e. The summed E-state index contributed by atoms with van der Waals surface area (Å²) in [5, 5.41) is 0.0192. The van der Waals surface area contributed by atoms with E-state index in [-0.39, 0.29) is 33.2 Å². The molecule has 2 heterocycles. The van der Waals surface area contributed by atoms with Crippen molar-refractivity contribution in [1.82, 2.24) is 19.9 Å². The molecule has 0 unspecified atom stereocenters. The van der Waals surface area contributed by atoms with Crippen molar-refractivity contribution < 1.29 is 13.2 Å². The maximum atomic E-state index is 12.9. The van der Waals surface area contributed by atoms with E-state index in [1.54, 1.807) is 24.3 Å². The van der Waals surface area contributed by atoms with Crippen molar-refractivity contribution in [3.63, 3.8) is 0 Å². The number of hydrogen-bond donors (Lipinski definition) is 1. The van der Waals surface area contributed by atoms with Crippen LogP contribution < -0.4 is 9.46 Å². The smallest absolute Gasteiger partial charge is 0.264 e. The second-order valence-corrected chi connectivity index (χ2v) is 8.44. The predicted molar refractivity (Wildman–Crippen MR) is 113 cm³/mol. The second-order valence-electron chi connectivity index (χ2n) is 6.01. The lowest BCUT2D eigenvalue weighted by Gasteiger charge is -2.14. The Morgan fingerprint density at radius 2 is 1.73 bits per heavy atom. The number of anilines is 1. The summed E-state index contributed by atoms with van der Waals surface area (Å²) in [4.78, 5) is 16.7. The number of sulfonamides is 1. The van der Waals surface area contributed by atoms with Crippen LogP contribution in [-0.2, 0) is 16.6 Å². The molecule has 8 nitrogen and oxygen atoms in total. The van der Waals surface area contributed by atoms with Crippen LogP contribution in [0.2, 0.25) is 10.0 Å². The third-order valence-electron chi connectivity index (χ3n) is 3.95. The highest BCUT2D eigenvalue weighted by Crippen LogP contribution is 2.32. The van der Waals surface area contributed by atoms with Gasteiger partial charge in [-0.05, 0) is 24.3 Å². The number of fused-ring (bicyclic) bond motifs is 1. The molecule has 0 aliphatic rings. The molecule has 0 fully saturated rings. The average Bonchev–Trinajstić information content (AvgIpc) is 2.74. The Hall–Kier alpha value is -3.01. The number of nitrogens with zero attached hydrogens (tertiary/aromatic N) is 4. The number of halogens is 2. The minimum Gasteiger partial charge on any atom is -0.468 e. The normalized spacial score (nSPS) is 11.4. The van der Waals surface area contributed by atoms with Crippen molar-refractivity contribution in [3.05, 3.63) is 76.8 Å². The van der Waals surface area contributed by atoms with Gasteiger partial charge in [0.05, 0.1) is 33.0 Å². The summed E-state index contributed by atoms with van der Waals surface area (Å²) in [5.41, 5.74) is 1.56. The zero-order valence-electron chi connectivity index (χ0n) is 15.2. The van der Waals surface area contributed by atoms with E-state index in [1.165, 1.54) is 36.8 Å². The topological polar surface area (TPSA) is 107 Å². The number of ether oxygens (including phenoxy) is 1. The van der Waals surface area contributed by atoms with Crippen LogP contribution in [0.3, 0.4) is 0 Å². The lowest BCUT2D eigenvalue weighted by Crippen LogP contribution is -2.16. The van der Waals surface area contributed by atoms with Crippen LogP contribution in [0, 0.1) is 0 Å². The first-order valence-corrected chi connectivity index (χ1v) is 10.8. The molecule has 0 aliphatic heterocycles. The molecule has 2 aromatic heterocycles. The van der Waals surface area contributed by atoms with Crippen molar-refractivity contribution in [2.75, 3.05) is 4.72 Å². The number of benzene rings is 2. The molecule has 2 aromatic carbocycles. The summed E-state index contributed by atoms with van der Waals surface area (Å²) in [7, 11) is -4.12. The fraction of sp³-hybridized carbons (Fsp3) is 0.0526. The van der Waals surface area contributed by atoms with Gasteiger partial charge in [0.2, 0.25) is 5.82 Å². The van der Waals surface area contributed by atoms with Crippen LogP contribution in [0.4, 0.5) is 5.82 Å². The molecule has 4 rings (SSSR count). The van der Waals surface area contributed by atoms with Gasteiger partial charge in [0, 0.05) is 12.4 Å². The number of aromatic nitrogens is 4. The Kier molecular flexibility index (Phi) is 5.67. The summed E-state index contributed by atoms with van der Waals surface area (Å²) in [5.74, 6) is -0.102. The van der Waals surface area contributed by atoms with Crippen LogP contribution in [0.15, 0.2) is 66.0 Å². The summed E-state index contributed by atoms with van der Waals surface area (Å²) in [6.45, 7) is 0.0213. The third-order valence-corrected chi connectivity index (χ3v) is 6.26. The number of rotatable bonds is 6. The van der Waals surface area contributed by atoms with E-state index in [0.717, 1.165) is 0 Å². The summed E-state index contributed by atoms with van der Waals surface area (Å²) >= 11 is 12.0. The zero-order chi connectivity index (χ0) is 21.1. The summed E-state index contributed by atoms with van der Waals surface area (Å²) in [6.07, 6.45) is 4.59. The molecular formula is C19H13Cl2N5O3S. The Labute approximate surface area is 182 Å². The first-order valence-electron chi connectivity index (χ1n) is 8.55. The Morgan fingerprint density at radius 3 is 2.47 bits per heavy atom. The molecule has 0 saturated heterocycles. The van der Waals surface area contributed by atoms with E-state index in [9.17, 15) is 8.42 Å². The van der Waals surface area contributed by atoms with Crippen molar-refractivity contribution >= 4 is 50.1 Å². The van der Waals surface area contributed by atoms with Gasteiger partial charge >= 0.3 is 0 Å². The zero-order valence-corrected chi connectivity index (χ0v) is 17.5. The van der Waals surface area contributed by atoms with Crippen LogP contribution in [-0.4, -0.2) is 28.4 Å². The van der Waals surface area contributed by atoms with Crippen LogP contribution >= 0.6 is 23.2 Å². The van der Waals surface area contributed by atoms with Gasteiger partial charge in [-0.25, -0.2) is 18.4 Å². The third kappa shape index (κ3) is 4.28. The molecule has 0 bridgehead atoms. The fourth-order valence-corrected chi connectivity index (χ4v) is 4.33. The first-order chi connectivity index (χ1) is 14.4. The highest BCUT2D eigenvalue weighted by Gasteiger charge is 2.23. The van der Waals surface area contributed by atoms with Crippen molar-refractivity contribution in [1.29, 1.82) is 0 Å². The largest absolute Gasteiger partial charge is 0.468 e. The van der Waals surface area contributed by atoms with E-state index in [4.69, 9.17) is 27.9 Å². The lowest BCUT2D eigenvalue weighted by atomic mass is 10.3. The first kappa shape index (κ1) is 20.3. The standard InChI is InChI=1S/C19H13Cl2N5O3S/c20-13-4-3-7-16(17(13)21)30(27,28)26-18-19(29-11-12-10-22-8-9-23-12)25-15-6-2-1-5-14(15)24-18/h1-10H,11H2,(H,24,26). The molecule has 30 heavy (non-hydrogen) atoms. The molecule has 0 spiro atoms. The van der Waals surface area contributed by atoms with Gasteiger partial charge in [-0.3, -0.25) is 14.7 Å². The Morgan fingerprint density at radius 1 is 0.967 bits per heavy atom. The summed E-state index contributed by atoms with van der Waals surface area (Å²) in [6, 6.07) is 11.3. The van der Waals surface area contributed by atoms with E-state index >= 15 is 0 Å². The highest BCUT2D eigenvalue weighted by molar-refractivity contribution is 7.92. The van der Waals surface area contributed by atoms with E-state index in [1.807, 2.05) is 0 Å². The molecule has 152 valence electrons. The van der Waals surface area contributed by atoms with Crippen molar-refractivity contribution in [2.45, 2.75) is 11.5 Å². The van der Waals surface area contributed by atoms with Crippen LogP contribution in [0.1, 0.15) is 5.69 Å². The van der Waals surface area contributed by atoms with Crippen LogP contribution in [0.25, 0.3) is 11.0 Å². The molecular weight excluding hydrogens is 449 g/mol. The number of nitrogens with one attached hydrogen (secondary N) is 1. The number of para-hydroxylation sites is 2. The molecule has 0 atom stereocenters. The van der Waals surface area contributed by atoms with Gasteiger partial charge in [-0.1, -0.05) is 41.4 Å². The van der Waals surface area contributed by atoms with Gasteiger partial charge in [0.15, 0.2) is 0 Å². The second kappa shape index (κ2) is 8.39. The Balaban J connectivity index is 1.73. The molecule has 0 amide bonds. The SMILES string of the molecule is O=S(=O)(Nc1nc2ccccc2nc1OCc1cnccn1)c1cccc(Cl)c1Cl. The fourth-order valence-electron chi connectivity index (χ4n) is 2.57. The van der Waals surface area contributed by atoms with Gasteiger partial charge in [0.1, 0.15) is 11.5 Å². The summed E-state index contributed by atoms with van der Waals surface area (Å²) < 4.78 is 34.0. The molecule has 1 N–H and O–H groups in total. The van der Waals surface area contributed by atoms with E-state index in [0.29, 0.717) is 16.7 Å². The van der Waals surface area contributed by atoms with Crippen molar-refractivity contribution in [3.8, 4) is 5.88 Å². The average molecular weight is 462 g/mol. The molecule has 0 aliphatic carbocycles. The van der Waals surface area contributed by atoms with Crippen LogP contribution in [0.5, 0.6) is 5.88 Å². The maximum absolute atomic E-state index is 12.9. The van der Waals surface area contributed by atoms with Gasteiger partial charge in [0.25, 0.3) is 15.9 Å². The monoisotopic (exact) mass is 461 g/mol. The number of hydrogen-bond acceptors (Lipinski definition) is 7. The Bertz CT molecular complexity index is 1320. The molecule has 0 saturated carbocycles. The molecule has 11 heteroatoms. The van der Waals surface area contributed by atoms with Gasteiger partial charge in [-0.2, -0.15) is 0 Å². The molecule has 0 radical (unpaired) electrons. The lowest BCUT2D eigenvalue weighted by molar-refractivity contribution is 0.290. The quantitative estimate of drug-likeness (QED) is 0.460. The predicted octanol–water partition coefficient (Wildman–Crippen LogP) is 4.11.